The summed E-state index contributed by atoms with van der Waals surface area (Å²) in [5.41, 5.74) is 1.82. The third-order valence-electron chi connectivity index (χ3n) is 4.88. The van der Waals surface area contributed by atoms with E-state index >= 15 is 0 Å². The van der Waals surface area contributed by atoms with Gasteiger partial charge in [-0.1, -0.05) is 6.07 Å². The number of nitrogens with zero attached hydrogens (tertiary/aromatic N) is 5. The Hall–Kier alpha value is -3.24. The molecule has 30 heavy (non-hydrogen) atoms. The molecule has 9 nitrogen and oxygen atoms in total. The van der Waals surface area contributed by atoms with Crippen LogP contribution in [0.1, 0.15) is 21.6 Å². The van der Waals surface area contributed by atoms with Crippen LogP contribution >= 0.6 is 22.9 Å². The van der Waals surface area contributed by atoms with E-state index in [1.54, 1.807) is 25.1 Å². The number of fused-ring (bicyclic) bond motifs is 1. The lowest BCUT2D eigenvalue weighted by atomic mass is 10.1. The minimum atomic E-state index is -0.975. The van der Waals surface area contributed by atoms with Crippen molar-refractivity contribution in [2.24, 2.45) is 14.1 Å². The van der Waals surface area contributed by atoms with Crippen LogP contribution in [0, 0.1) is 6.92 Å². The Balaban J connectivity index is 1.75. The first-order valence-electron chi connectivity index (χ1n) is 8.79. The first-order valence-corrected chi connectivity index (χ1v) is 10.0. The zero-order valence-electron chi connectivity index (χ0n) is 16.2. The Morgan fingerprint density at radius 3 is 2.60 bits per heavy atom. The van der Waals surface area contributed by atoms with Gasteiger partial charge in [-0.05, 0) is 36.2 Å². The molecule has 4 aromatic rings. The SMILES string of the molecule is Cc1cc(-c2nc(Cn3c(Cl)nc4c3c(=O)n(C)c(=O)n4C)cs2)ccc1C(=O)O. The normalized spacial score (nSPS) is 11.3. The van der Waals surface area contributed by atoms with Crippen molar-refractivity contribution in [1.29, 1.82) is 0 Å². The van der Waals surface area contributed by atoms with E-state index in [0.29, 0.717) is 16.3 Å². The molecule has 0 atom stereocenters. The molecule has 1 aromatic carbocycles. The zero-order valence-corrected chi connectivity index (χ0v) is 17.8. The van der Waals surface area contributed by atoms with E-state index in [-0.39, 0.29) is 28.6 Å². The molecule has 0 aliphatic heterocycles. The third-order valence-corrected chi connectivity index (χ3v) is 6.11. The summed E-state index contributed by atoms with van der Waals surface area (Å²) >= 11 is 7.66. The Morgan fingerprint density at radius 1 is 1.20 bits per heavy atom. The van der Waals surface area contributed by atoms with Gasteiger partial charge in [-0.25, -0.2) is 14.6 Å². The smallest absolute Gasteiger partial charge is 0.335 e. The molecule has 3 aromatic heterocycles. The van der Waals surface area contributed by atoms with Crippen molar-refractivity contribution in [3.05, 3.63) is 66.5 Å². The van der Waals surface area contributed by atoms with E-state index in [9.17, 15) is 19.5 Å². The molecule has 0 spiro atoms. The summed E-state index contributed by atoms with van der Waals surface area (Å²) < 4.78 is 3.81. The molecular weight excluding hydrogens is 430 g/mol. The summed E-state index contributed by atoms with van der Waals surface area (Å²) in [7, 11) is 2.93. The van der Waals surface area contributed by atoms with Crippen molar-refractivity contribution in [2.75, 3.05) is 0 Å². The van der Waals surface area contributed by atoms with Gasteiger partial charge in [-0.3, -0.25) is 13.9 Å². The van der Waals surface area contributed by atoms with Crippen molar-refractivity contribution in [2.45, 2.75) is 13.5 Å². The highest BCUT2D eigenvalue weighted by Crippen LogP contribution is 2.27. The number of thiazole rings is 1. The van der Waals surface area contributed by atoms with Crippen LogP contribution in [0.4, 0.5) is 0 Å². The first kappa shape index (κ1) is 20.0. The molecule has 0 saturated heterocycles. The number of halogens is 1. The summed E-state index contributed by atoms with van der Waals surface area (Å²) in [6.07, 6.45) is 0. The average molecular weight is 446 g/mol. The highest BCUT2D eigenvalue weighted by molar-refractivity contribution is 7.13. The lowest BCUT2D eigenvalue weighted by Gasteiger charge is -2.06. The van der Waals surface area contributed by atoms with E-state index in [4.69, 9.17) is 11.6 Å². The highest BCUT2D eigenvalue weighted by Gasteiger charge is 2.19. The van der Waals surface area contributed by atoms with Gasteiger partial charge in [-0.2, -0.15) is 4.98 Å². The molecule has 11 heteroatoms. The number of aromatic carboxylic acids is 1. The lowest BCUT2D eigenvalue weighted by molar-refractivity contribution is 0.0696. The predicted octanol–water partition coefficient (Wildman–Crippen LogP) is 2.27. The Kier molecular flexibility index (Phi) is 4.83. The molecule has 0 amide bonds. The number of aromatic nitrogens is 5. The van der Waals surface area contributed by atoms with Crippen molar-refractivity contribution < 1.29 is 9.90 Å². The molecule has 0 aliphatic rings. The van der Waals surface area contributed by atoms with E-state index in [1.807, 2.05) is 5.38 Å². The second kappa shape index (κ2) is 7.22. The molecule has 0 fully saturated rings. The molecule has 0 aliphatic carbocycles. The number of carboxylic acids is 1. The van der Waals surface area contributed by atoms with Crippen molar-refractivity contribution in [1.82, 2.24) is 23.7 Å². The zero-order chi connectivity index (χ0) is 21.7. The van der Waals surface area contributed by atoms with Crippen LogP contribution in [0.15, 0.2) is 33.2 Å². The first-order chi connectivity index (χ1) is 14.2. The molecule has 1 N–H and O–H groups in total. The number of benzene rings is 1. The van der Waals surface area contributed by atoms with Crippen LogP contribution in [0.5, 0.6) is 0 Å². The van der Waals surface area contributed by atoms with Crippen LogP contribution in [-0.2, 0) is 20.6 Å². The molecule has 4 rings (SSSR count). The molecule has 0 radical (unpaired) electrons. The van der Waals surface area contributed by atoms with Crippen LogP contribution in [0.3, 0.4) is 0 Å². The summed E-state index contributed by atoms with van der Waals surface area (Å²) in [6, 6.07) is 5.04. The molecule has 3 heterocycles. The Labute approximate surface area is 178 Å². The Morgan fingerprint density at radius 2 is 1.93 bits per heavy atom. The van der Waals surface area contributed by atoms with Gasteiger partial charge < -0.3 is 9.67 Å². The lowest BCUT2D eigenvalue weighted by Crippen LogP contribution is -2.37. The second-order valence-corrected chi connectivity index (χ2v) is 8.02. The number of hydrogen-bond donors (Lipinski definition) is 1. The maximum absolute atomic E-state index is 12.6. The molecule has 0 bridgehead atoms. The molecule has 0 saturated carbocycles. The monoisotopic (exact) mass is 445 g/mol. The maximum Gasteiger partial charge on any atom is 0.335 e. The van der Waals surface area contributed by atoms with Gasteiger partial charge in [0.2, 0.25) is 5.28 Å². The summed E-state index contributed by atoms with van der Waals surface area (Å²) in [5.74, 6) is -0.975. The topological polar surface area (TPSA) is 112 Å². The van der Waals surface area contributed by atoms with Crippen molar-refractivity contribution in [3.8, 4) is 10.6 Å². The van der Waals surface area contributed by atoms with E-state index in [0.717, 1.165) is 10.1 Å². The van der Waals surface area contributed by atoms with E-state index in [2.05, 4.69) is 9.97 Å². The van der Waals surface area contributed by atoms with Crippen LogP contribution < -0.4 is 11.2 Å². The summed E-state index contributed by atoms with van der Waals surface area (Å²) in [5, 5.41) is 11.8. The van der Waals surface area contributed by atoms with Gasteiger partial charge >= 0.3 is 11.7 Å². The summed E-state index contributed by atoms with van der Waals surface area (Å²) in [4.78, 5) is 44.7. The predicted molar refractivity (Wildman–Crippen MR) is 114 cm³/mol. The van der Waals surface area contributed by atoms with Gasteiger partial charge in [0.1, 0.15) is 5.01 Å². The van der Waals surface area contributed by atoms with E-state index in [1.165, 1.54) is 34.6 Å². The molecule has 0 unspecified atom stereocenters. The number of carboxylic acid groups (broad SMARTS) is 1. The van der Waals surface area contributed by atoms with Crippen LogP contribution in [-0.4, -0.2) is 34.7 Å². The van der Waals surface area contributed by atoms with Crippen molar-refractivity contribution >= 4 is 40.1 Å². The Bertz CT molecular complexity index is 1450. The average Bonchev–Trinajstić information content (AvgIpc) is 3.30. The minimum absolute atomic E-state index is 0.0829. The quantitative estimate of drug-likeness (QED) is 0.482. The van der Waals surface area contributed by atoms with Gasteiger partial charge in [0, 0.05) is 25.0 Å². The van der Waals surface area contributed by atoms with Gasteiger partial charge in [0.25, 0.3) is 5.56 Å². The van der Waals surface area contributed by atoms with Gasteiger partial charge in [0.05, 0.1) is 17.8 Å². The largest absolute Gasteiger partial charge is 0.478 e. The fourth-order valence-corrected chi connectivity index (χ4v) is 4.31. The summed E-state index contributed by atoms with van der Waals surface area (Å²) in [6.45, 7) is 1.93. The number of hydrogen-bond acceptors (Lipinski definition) is 6. The highest BCUT2D eigenvalue weighted by atomic mass is 35.5. The van der Waals surface area contributed by atoms with Crippen LogP contribution in [0.2, 0.25) is 5.28 Å². The minimum Gasteiger partial charge on any atom is -0.478 e. The number of imidazole rings is 1. The van der Waals surface area contributed by atoms with Gasteiger partial charge in [0.15, 0.2) is 11.2 Å². The van der Waals surface area contributed by atoms with E-state index < -0.39 is 17.2 Å². The molecule has 154 valence electrons. The third kappa shape index (κ3) is 3.14. The standard InChI is InChI=1S/C19H16ClN5O4S/c1-9-6-10(4-5-12(9)17(27)28)15-21-11(8-30-15)7-25-13-14(22-18(25)20)23(2)19(29)24(3)16(13)26/h4-6,8H,7H2,1-3H3,(H,27,28). The number of aryl methyl sites for hydroxylation is 2. The number of carbonyl (C=O) groups is 1. The van der Waals surface area contributed by atoms with Crippen LogP contribution in [0.25, 0.3) is 21.7 Å². The molecular formula is C19H16ClN5O4S. The fourth-order valence-electron chi connectivity index (χ4n) is 3.28. The second-order valence-electron chi connectivity index (χ2n) is 6.82. The number of rotatable bonds is 4. The van der Waals surface area contributed by atoms with Crippen molar-refractivity contribution in [3.63, 3.8) is 0 Å². The fraction of sp³-hybridized carbons (Fsp3) is 0.211. The van der Waals surface area contributed by atoms with Gasteiger partial charge in [-0.15, -0.1) is 11.3 Å². The maximum atomic E-state index is 12.6.